The van der Waals surface area contributed by atoms with E-state index in [1.165, 1.54) is 31.5 Å². The minimum absolute atomic E-state index is 0.936. The second-order valence-corrected chi connectivity index (χ2v) is 7.11. The van der Waals surface area contributed by atoms with Crippen molar-refractivity contribution in [3.05, 3.63) is 66.9 Å². The fourth-order valence-corrected chi connectivity index (χ4v) is 4.81. The highest BCUT2D eigenvalue weighted by molar-refractivity contribution is 7.99. The van der Waals surface area contributed by atoms with Crippen LogP contribution in [0.1, 0.15) is 0 Å². The molecule has 0 N–H and O–H groups in total. The van der Waals surface area contributed by atoms with Crippen molar-refractivity contribution in [2.75, 3.05) is 0 Å². The van der Waals surface area contributed by atoms with Crippen molar-refractivity contribution in [3.8, 4) is 11.3 Å². The van der Waals surface area contributed by atoms with Gasteiger partial charge in [-0.25, -0.2) is 0 Å². The molecule has 3 heteroatoms. The molecule has 0 spiro atoms. The molecular formula is C21H11NOS. The lowest BCUT2D eigenvalue weighted by Crippen LogP contribution is -1.95. The molecule has 0 saturated heterocycles. The Morgan fingerprint density at radius 2 is 1.67 bits per heavy atom. The smallest absolute Gasteiger partial charge is 0.143 e. The molecule has 0 fully saturated rings. The molecule has 0 radical (unpaired) electrons. The number of rotatable bonds is 0. The summed E-state index contributed by atoms with van der Waals surface area (Å²) < 4.78 is 6.20. The van der Waals surface area contributed by atoms with Gasteiger partial charge in [0, 0.05) is 43.1 Å². The zero-order chi connectivity index (χ0) is 15.7. The molecule has 0 aliphatic carbocycles. The van der Waals surface area contributed by atoms with E-state index in [2.05, 4.69) is 53.5 Å². The van der Waals surface area contributed by atoms with E-state index >= 15 is 0 Å². The molecule has 0 bridgehead atoms. The third-order valence-corrected chi connectivity index (χ3v) is 5.83. The third kappa shape index (κ3) is 1.50. The highest BCUT2D eigenvalue weighted by Gasteiger charge is 2.23. The minimum atomic E-state index is 0.936. The lowest BCUT2D eigenvalue weighted by atomic mass is 10.0. The summed E-state index contributed by atoms with van der Waals surface area (Å²) in [5.41, 5.74) is 4.15. The first-order chi connectivity index (χ1) is 11.9. The van der Waals surface area contributed by atoms with E-state index in [4.69, 9.17) is 4.42 Å². The molecule has 0 unspecified atom stereocenters. The van der Waals surface area contributed by atoms with E-state index in [1.807, 2.05) is 30.1 Å². The average molecular weight is 325 g/mol. The Labute approximate surface area is 142 Å². The second-order valence-electron chi connectivity index (χ2n) is 6.03. The van der Waals surface area contributed by atoms with Gasteiger partial charge in [0.05, 0.1) is 5.69 Å². The number of para-hydroxylation sites is 1. The monoisotopic (exact) mass is 325 g/mol. The number of benzene rings is 3. The largest absolute Gasteiger partial charge is 0.455 e. The zero-order valence-electron chi connectivity index (χ0n) is 12.6. The standard InChI is InChI=1S/C21H11NOS/c1-3-7-16-12(5-1)15-11-18-19-14(21(15)23-16)9-10-22-20(19)13-6-2-4-8-17(13)24-18/h1-11H. The maximum atomic E-state index is 6.20. The Morgan fingerprint density at radius 1 is 0.792 bits per heavy atom. The third-order valence-electron chi connectivity index (χ3n) is 4.71. The highest BCUT2D eigenvalue weighted by Crippen LogP contribution is 2.49. The summed E-state index contributed by atoms with van der Waals surface area (Å²) >= 11 is 1.82. The van der Waals surface area contributed by atoms with Crippen molar-refractivity contribution in [1.82, 2.24) is 4.98 Å². The molecule has 3 heterocycles. The summed E-state index contributed by atoms with van der Waals surface area (Å²) in [6, 6.07) is 21.0. The van der Waals surface area contributed by atoms with Gasteiger partial charge in [-0.1, -0.05) is 48.2 Å². The number of fused-ring (bicyclic) bond motifs is 6. The van der Waals surface area contributed by atoms with Crippen molar-refractivity contribution in [2.24, 2.45) is 0 Å². The maximum absolute atomic E-state index is 6.20. The topological polar surface area (TPSA) is 26.0 Å². The highest BCUT2D eigenvalue weighted by atomic mass is 32.2. The van der Waals surface area contributed by atoms with Crippen LogP contribution in [0.3, 0.4) is 0 Å². The van der Waals surface area contributed by atoms with Gasteiger partial charge in [0.2, 0.25) is 0 Å². The normalized spacial score (nSPS) is 12.8. The molecule has 0 amide bonds. The van der Waals surface area contributed by atoms with E-state index in [0.29, 0.717) is 0 Å². The molecule has 2 aromatic heterocycles. The number of aromatic nitrogens is 1. The number of hydrogen-bond donors (Lipinski definition) is 0. The van der Waals surface area contributed by atoms with Crippen LogP contribution in [0, 0.1) is 0 Å². The van der Waals surface area contributed by atoms with Crippen LogP contribution >= 0.6 is 11.8 Å². The van der Waals surface area contributed by atoms with Crippen LogP contribution in [0.2, 0.25) is 0 Å². The first kappa shape index (κ1) is 12.6. The number of nitrogens with zero attached hydrogens (tertiary/aromatic N) is 1. The van der Waals surface area contributed by atoms with Crippen molar-refractivity contribution in [2.45, 2.75) is 9.79 Å². The van der Waals surface area contributed by atoms with Crippen molar-refractivity contribution in [1.29, 1.82) is 0 Å². The van der Waals surface area contributed by atoms with Crippen LogP contribution in [0.4, 0.5) is 0 Å². The molecule has 1 aliphatic rings. The van der Waals surface area contributed by atoms with Crippen LogP contribution in [0.15, 0.2) is 81.1 Å². The van der Waals surface area contributed by atoms with Gasteiger partial charge in [-0.15, -0.1) is 0 Å². The molecule has 2 nitrogen and oxygen atoms in total. The Bertz CT molecular complexity index is 1290. The number of furan rings is 1. The number of hydrogen-bond acceptors (Lipinski definition) is 3. The summed E-state index contributed by atoms with van der Waals surface area (Å²) in [5, 5.41) is 4.69. The van der Waals surface area contributed by atoms with Gasteiger partial charge < -0.3 is 4.42 Å². The average Bonchev–Trinajstić information content (AvgIpc) is 3.01. The predicted molar refractivity (Wildman–Crippen MR) is 98.6 cm³/mol. The molecule has 24 heavy (non-hydrogen) atoms. The van der Waals surface area contributed by atoms with Crippen LogP contribution < -0.4 is 0 Å². The fraction of sp³-hybridized carbons (Fsp3) is 0. The van der Waals surface area contributed by atoms with Crippen molar-refractivity contribution in [3.63, 3.8) is 0 Å². The summed E-state index contributed by atoms with van der Waals surface area (Å²) in [6.45, 7) is 0. The quantitative estimate of drug-likeness (QED) is 0.329. The van der Waals surface area contributed by atoms with E-state index in [-0.39, 0.29) is 0 Å². The van der Waals surface area contributed by atoms with Crippen molar-refractivity contribution >= 4 is 44.5 Å². The lowest BCUT2D eigenvalue weighted by molar-refractivity contribution is 0.672. The molecule has 5 aromatic rings. The van der Waals surface area contributed by atoms with Gasteiger partial charge in [-0.3, -0.25) is 4.98 Å². The summed E-state index contributed by atoms with van der Waals surface area (Å²) in [7, 11) is 0. The second kappa shape index (κ2) is 4.40. The van der Waals surface area contributed by atoms with Gasteiger partial charge in [-0.05, 0) is 24.3 Å². The van der Waals surface area contributed by atoms with Gasteiger partial charge in [0.1, 0.15) is 11.2 Å². The van der Waals surface area contributed by atoms with Crippen LogP contribution in [0.25, 0.3) is 44.0 Å². The van der Waals surface area contributed by atoms with Gasteiger partial charge >= 0.3 is 0 Å². The molecular weight excluding hydrogens is 314 g/mol. The Kier molecular flexibility index (Phi) is 2.31. The Morgan fingerprint density at radius 3 is 2.67 bits per heavy atom. The van der Waals surface area contributed by atoms with Gasteiger partial charge in [0.15, 0.2) is 0 Å². The van der Waals surface area contributed by atoms with Crippen molar-refractivity contribution < 1.29 is 4.42 Å². The zero-order valence-corrected chi connectivity index (χ0v) is 13.4. The van der Waals surface area contributed by atoms with Crippen LogP contribution in [0.5, 0.6) is 0 Å². The van der Waals surface area contributed by atoms with E-state index < -0.39 is 0 Å². The molecule has 0 saturated carbocycles. The van der Waals surface area contributed by atoms with Gasteiger partial charge in [-0.2, -0.15) is 0 Å². The van der Waals surface area contributed by atoms with E-state index in [9.17, 15) is 0 Å². The summed E-state index contributed by atoms with van der Waals surface area (Å²) in [6.07, 6.45) is 1.89. The first-order valence-electron chi connectivity index (χ1n) is 7.90. The van der Waals surface area contributed by atoms with Crippen LogP contribution in [-0.4, -0.2) is 4.98 Å². The minimum Gasteiger partial charge on any atom is -0.455 e. The predicted octanol–water partition coefficient (Wildman–Crippen LogP) is 6.27. The summed E-state index contributed by atoms with van der Waals surface area (Å²) in [4.78, 5) is 7.20. The molecule has 3 aromatic carbocycles. The van der Waals surface area contributed by atoms with Crippen LogP contribution in [-0.2, 0) is 0 Å². The molecule has 6 rings (SSSR count). The number of pyridine rings is 1. The van der Waals surface area contributed by atoms with E-state index in [0.717, 1.165) is 22.2 Å². The molecule has 0 atom stereocenters. The van der Waals surface area contributed by atoms with Gasteiger partial charge in [0.25, 0.3) is 0 Å². The Balaban J connectivity index is 1.87. The van der Waals surface area contributed by atoms with E-state index in [1.54, 1.807) is 0 Å². The summed E-state index contributed by atoms with van der Waals surface area (Å²) in [5.74, 6) is 0. The first-order valence-corrected chi connectivity index (χ1v) is 8.72. The SMILES string of the molecule is c1ccc2c(c1)Sc1cc3c4ccccc4oc3c3ccnc-2c13. The molecule has 1 aliphatic heterocycles. The fourth-order valence-electron chi connectivity index (χ4n) is 3.67. The lowest BCUT2D eigenvalue weighted by Gasteiger charge is -2.19. The molecule has 112 valence electrons. The maximum Gasteiger partial charge on any atom is 0.143 e. The Hall–Kier alpha value is -2.78.